The molecular weight excluding hydrogens is 531 g/mol. The van der Waals surface area contributed by atoms with Crippen LogP contribution in [0.1, 0.15) is 11.1 Å². The number of hydrogen-bond acceptors (Lipinski definition) is 5. The molecule has 0 bridgehead atoms. The molecule has 4 aromatic carbocycles. The number of phenolic OH excluding ortho intramolecular Hbond substituents is 1. The molecule has 0 aromatic heterocycles. The number of benzene rings is 4. The minimum absolute atomic E-state index is 0.0568. The van der Waals surface area contributed by atoms with Gasteiger partial charge in [0.2, 0.25) is 0 Å². The van der Waals surface area contributed by atoms with Crippen molar-refractivity contribution in [2.75, 3.05) is 9.44 Å². The highest BCUT2D eigenvalue weighted by Crippen LogP contribution is 2.38. The zero-order valence-electron chi connectivity index (χ0n) is 18.5. The molecule has 0 spiro atoms. The van der Waals surface area contributed by atoms with E-state index < -0.39 is 30.7 Å². The monoisotopic (exact) mass is 550 g/mol. The Morgan fingerprint density at radius 3 is 1.63 bits per heavy atom. The molecule has 0 unspecified atom stereocenters. The number of fused-ring (bicyclic) bond motifs is 1. The summed E-state index contributed by atoms with van der Waals surface area (Å²) in [6.45, 7) is 3.29. The van der Waals surface area contributed by atoms with Crippen molar-refractivity contribution in [2.45, 2.75) is 23.6 Å². The highest BCUT2D eigenvalue weighted by Gasteiger charge is 2.28. The number of rotatable bonds is 6. The van der Waals surface area contributed by atoms with Crippen LogP contribution in [0.5, 0.6) is 5.75 Å². The summed E-state index contributed by atoms with van der Waals surface area (Å²) in [6, 6.07) is 16.5. The highest BCUT2D eigenvalue weighted by atomic mass is 35.5. The number of aromatic hydroxyl groups is 1. The largest absolute Gasteiger partial charge is 0.506 e. The second-order valence-corrected chi connectivity index (χ2v) is 11.9. The van der Waals surface area contributed by atoms with E-state index in [1.807, 2.05) is 0 Å². The standard InChI is InChI=1S/C24H20Cl2N2O5S2/c1-14-18(25)9-5-11-20(14)27-34(30,31)22-13-23(24(29)17-8-4-3-7-16(17)22)35(32,33)28-21-12-6-10-19(26)15(21)2/h3-13,27-29H,1-2H3. The van der Waals surface area contributed by atoms with Crippen LogP contribution in [0.2, 0.25) is 10.0 Å². The lowest BCUT2D eigenvalue weighted by Crippen LogP contribution is -2.18. The molecular formula is C24H20Cl2N2O5S2. The van der Waals surface area contributed by atoms with Gasteiger partial charge in [0.05, 0.1) is 16.3 Å². The van der Waals surface area contributed by atoms with E-state index in [0.29, 0.717) is 21.2 Å². The number of nitrogens with one attached hydrogen (secondary N) is 2. The van der Waals surface area contributed by atoms with Crippen LogP contribution in [0, 0.1) is 13.8 Å². The summed E-state index contributed by atoms with van der Waals surface area (Å²) in [6.07, 6.45) is 0. The normalized spacial score (nSPS) is 12.0. The van der Waals surface area contributed by atoms with Gasteiger partial charge in [-0.25, -0.2) is 16.8 Å². The number of anilines is 2. The topological polar surface area (TPSA) is 113 Å². The Kier molecular flexibility index (Phi) is 6.63. The fourth-order valence-corrected chi connectivity index (χ4v) is 6.61. The Morgan fingerprint density at radius 2 is 1.11 bits per heavy atom. The van der Waals surface area contributed by atoms with Gasteiger partial charge in [-0.2, -0.15) is 0 Å². The van der Waals surface area contributed by atoms with Gasteiger partial charge < -0.3 is 5.11 Å². The number of phenols is 1. The first-order chi connectivity index (χ1) is 16.4. The molecule has 0 saturated carbocycles. The van der Waals surface area contributed by atoms with Gasteiger partial charge in [0, 0.05) is 20.8 Å². The summed E-state index contributed by atoms with van der Waals surface area (Å²) < 4.78 is 58.4. The van der Waals surface area contributed by atoms with E-state index in [-0.39, 0.29) is 27.0 Å². The first-order valence-corrected chi connectivity index (χ1v) is 13.9. The number of sulfonamides is 2. The smallest absolute Gasteiger partial charge is 0.265 e. The van der Waals surface area contributed by atoms with Crippen molar-refractivity contribution in [1.82, 2.24) is 0 Å². The third-order valence-corrected chi connectivity index (χ3v) is 9.15. The average Bonchev–Trinajstić information content (AvgIpc) is 2.80. The summed E-state index contributed by atoms with van der Waals surface area (Å²) in [5.41, 5.74) is 1.42. The summed E-state index contributed by atoms with van der Waals surface area (Å²) >= 11 is 12.2. The molecule has 35 heavy (non-hydrogen) atoms. The lowest BCUT2D eigenvalue weighted by molar-refractivity contribution is 0.465. The van der Waals surface area contributed by atoms with Crippen LogP contribution in [0.15, 0.2) is 76.5 Å². The van der Waals surface area contributed by atoms with E-state index in [0.717, 1.165) is 6.07 Å². The number of halogens is 2. The fraction of sp³-hybridized carbons (Fsp3) is 0.0833. The van der Waals surface area contributed by atoms with Crippen LogP contribution >= 0.6 is 23.2 Å². The Morgan fingerprint density at radius 1 is 0.657 bits per heavy atom. The van der Waals surface area contributed by atoms with Crippen LogP contribution < -0.4 is 9.44 Å². The second-order valence-electron chi connectivity index (χ2n) is 7.80. The molecule has 0 aliphatic heterocycles. The quantitative estimate of drug-likeness (QED) is 0.269. The van der Waals surface area contributed by atoms with Gasteiger partial charge in [0.15, 0.2) is 0 Å². The van der Waals surface area contributed by atoms with Crippen molar-refractivity contribution in [3.05, 3.63) is 87.9 Å². The Hall–Kier alpha value is -2.98. The summed E-state index contributed by atoms with van der Waals surface area (Å²) in [5.74, 6) is -0.578. The average molecular weight is 551 g/mol. The molecule has 0 aliphatic carbocycles. The molecule has 0 aliphatic rings. The summed E-state index contributed by atoms with van der Waals surface area (Å²) in [4.78, 5) is -0.924. The zero-order chi connectivity index (χ0) is 25.5. The minimum Gasteiger partial charge on any atom is -0.506 e. The van der Waals surface area contributed by atoms with Gasteiger partial charge in [-0.1, -0.05) is 59.6 Å². The number of hydrogen-bond donors (Lipinski definition) is 3. The van der Waals surface area contributed by atoms with E-state index in [4.69, 9.17) is 23.2 Å². The second kappa shape index (κ2) is 9.23. The Bertz CT molecular complexity index is 1690. The minimum atomic E-state index is -4.42. The maximum atomic E-state index is 13.5. The van der Waals surface area contributed by atoms with Crippen LogP contribution in [-0.2, 0) is 20.0 Å². The van der Waals surface area contributed by atoms with Gasteiger partial charge in [0.25, 0.3) is 20.0 Å². The van der Waals surface area contributed by atoms with Gasteiger partial charge in [-0.05, 0) is 55.3 Å². The first kappa shape index (κ1) is 25.1. The van der Waals surface area contributed by atoms with Crippen LogP contribution in [0.3, 0.4) is 0 Å². The molecule has 7 nitrogen and oxygen atoms in total. The molecule has 0 amide bonds. The van der Waals surface area contributed by atoms with Gasteiger partial charge >= 0.3 is 0 Å². The molecule has 3 N–H and O–H groups in total. The van der Waals surface area contributed by atoms with E-state index in [1.165, 1.54) is 18.2 Å². The SMILES string of the molecule is Cc1c(Cl)cccc1NS(=O)(=O)c1cc(S(=O)(=O)Nc2cccc(Cl)c2C)c2ccccc2c1O. The maximum absolute atomic E-state index is 13.5. The van der Waals surface area contributed by atoms with Crippen molar-refractivity contribution in [3.8, 4) is 5.75 Å². The Balaban J connectivity index is 1.90. The van der Waals surface area contributed by atoms with Gasteiger partial charge in [-0.15, -0.1) is 0 Å². The third-order valence-electron chi connectivity index (χ3n) is 5.55. The predicted octanol–water partition coefficient (Wildman–Crippen LogP) is 6.07. The lowest BCUT2D eigenvalue weighted by Gasteiger charge is -2.17. The summed E-state index contributed by atoms with van der Waals surface area (Å²) in [5, 5.41) is 11.8. The predicted molar refractivity (Wildman–Crippen MR) is 140 cm³/mol. The lowest BCUT2D eigenvalue weighted by atomic mass is 10.1. The fourth-order valence-electron chi connectivity index (χ4n) is 3.57. The maximum Gasteiger partial charge on any atom is 0.265 e. The van der Waals surface area contributed by atoms with Crippen molar-refractivity contribution >= 4 is 65.4 Å². The molecule has 0 fully saturated rings. The summed E-state index contributed by atoms with van der Waals surface area (Å²) in [7, 11) is -8.72. The molecule has 11 heteroatoms. The highest BCUT2D eigenvalue weighted by molar-refractivity contribution is 7.93. The van der Waals surface area contributed by atoms with E-state index in [2.05, 4.69) is 9.44 Å². The third kappa shape index (κ3) is 4.77. The molecule has 182 valence electrons. The van der Waals surface area contributed by atoms with Crippen molar-refractivity contribution in [3.63, 3.8) is 0 Å². The van der Waals surface area contributed by atoms with Gasteiger partial charge in [0.1, 0.15) is 10.6 Å². The van der Waals surface area contributed by atoms with Crippen LogP contribution in [-0.4, -0.2) is 21.9 Å². The van der Waals surface area contributed by atoms with Crippen molar-refractivity contribution in [2.24, 2.45) is 0 Å². The Labute approximate surface area is 213 Å². The molecule has 0 radical (unpaired) electrons. The molecule has 0 heterocycles. The van der Waals surface area contributed by atoms with Crippen molar-refractivity contribution in [1.29, 1.82) is 0 Å². The molecule has 4 rings (SSSR count). The zero-order valence-corrected chi connectivity index (χ0v) is 21.6. The molecule has 4 aromatic rings. The van der Waals surface area contributed by atoms with Gasteiger partial charge in [-0.3, -0.25) is 9.44 Å². The van der Waals surface area contributed by atoms with E-state index >= 15 is 0 Å². The van der Waals surface area contributed by atoms with Crippen LogP contribution in [0.4, 0.5) is 11.4 Å². The molecule has 0 atom stereocenters. The van der Waals surface area contributed by atoms with Crippen LogP contribution in [0.25, 0.3) is 10.8 Å². The van der Waals surface area contributed by atoms with E-state index in [9.17, 15) is 21.9 Å². The first-order valence-electron chi connectivity index (χ1n) is 10.2. The molecule has 0 saturated heterocycles. The van der Waals surface area contributed by atoms with E-state index in [1.54, 1.807) is 56.3 Å². The van der Waals surface area contributed by atoms with Crippen molar-refractivity contribution < 1.29 is 21.9 Å².